The third kappa shape index (κ3) is 5.27. The van der Waals surface area contributed by atoms with Crippen LogP contribution >= 0.6 is 12.2 Å². The number of methoxy groups -OCH3 is 1. The first kappa shape index (κ1) is 24.2. The van der Waals surface area contributed by atoms with Gasteiger partial charge in [-0.25, -0.2) is 4.79 Å². The molecule has 3 N–H and O–H groups in total. The predicted molar refractivity (Wildman–Crippen MR) is 141 cm³/mol. The summed E-state index contributed by atoms with van der Waals surface area (Å²) in [5, 5.41) is 16.4. The summed E-state index contributed by atoms with van der Waals surface area (Å²) in [5.74, 6) is -0.636. The van der Waals surface area contributed by atoms with E-state index in [2.05, 4.69) is 10.6 Å². The van der Waals surface area contributed by atoms with Crippen molar-refractivity contribution in [1.29, 1.82) is 0 Å². The Balaban J connectivity index is 1.44. The highest BCUT2D eigenvalue weighted by Gasteiger charge is 2.38. The molecule has 3 aromatic rings. The molecule has 1 aliphatic heterocycles. The molecule has 4 rings (SSSR count). The van der Waals surface area contributed by atoms with Crippen molar-refractivity contribution in [2.45, 2.75) is 26.4 Å². The minimum absolute atomic E-state index is 0.185. The van der Waals surface area contributed by atoms with E-state index in [4.69, 9.17) is 17.0 Å². The molecule has 1 heterocycles. The maximum atomic E-state index is 13.0. The number of carbonyl (C=O) groups is 2. The van der Waals surface area contributed by atoms with Crippen LogP contribution in [0.15, 0.2) is 66.7 Å². The number of benzene rings is 3. The highest BCUT2D eigenvalue weighted by Crippen LogP contribution is 2.31. The number of aliphatic carboxylic acids is 1. The van der Waals surface area contributed by atoms with Crippen molar-refractivity contribution < 1.29 is 19.4 Å². The summed E-state index contributed by atoms with van der Waals surface area (Å²) in [7, 11) is 1.62. The summed E-state index contributed by atoms with van der Waals surface area (Å²) in [6.45, 7) is 3.94. The molecule has 1 aliphatic rings. The van der Waals surface area contributed by atoms with Gasteiger partial charge in [-0.05, 0) is 77.3 Å². The number of rotatable bonds is 7. The van der Waals surface area contributed by atoms with Crippen molar-refractivity contribution in [3.8, 4) is 16.9 Å². The third-order valence-corrected chi connectivity index (χ3v) is 6.19. The van der Waals surface area contributed by atoms with Crippen molar-refractivity contribution in [1.82, 2.24) is 4.90 Å². The molecule has 0 fully saturated rings. The summed E-state index contributed by atoms with van der Waals surface area (Å²) in [6, 6.07) is 20.1. The van der Waals surface area contributed by atoms with Crippen LogP contribution in [0.25, 0.3) is 11.1 Å². The van der Waals surface area contributed by atoms with E-state index in [0.29, 0.717) is 17.2 Å². The maximum absolute atomic E-state index is 13.0. The molecular weight excluding hydrogens is 462 g/mol. The van der Waals surface area contributed by atoms with Gasteiger partial charge < -0.3 is 25.4 Å². The summed E-state index contributed by atoms with van der Waals surface area (Å²) >= 11 is 5.40. The Labute approximate surface area is 209 Å². The molecular formula is C27H27N3O4S. The van der Waals surface area contributed by atoms with Crippen molar-refractivity contribution in [2.75, 3.05) is 17.7 Å². The zero-order valence-corrected chi connectivity index (χ0v) is 20.6. The lowest BCUT2D eigenvalue weighted by molar-refractivity contribution is -0.144. The Morgan fingerprint density at radius 1 is 0.971 bits per heavy atom. The fraction of sp³-hybridized carbons (Fsp3) is 0.222. The molecule has 180 valence electrons. The van der Waals surface area contributed by atoms with Crippen LogP contribution in [-0.2, 0) is 11.3 Å². The average Bonchev–Trinajstić information content (AvgIpc) is 3.15. The number of thiocarbonyl (C=S) groups is 1. The van der Waals surface area contributed by atoms with Crippen LogP contribution in [0.3, 0.4) is 0 Å². The van der Waals surface area contributed by atoms with Gasteiger partial charge in [0.05, 0.1) is 7.11 Å². The number of ether oxygens (including phenoxy) is 1. The van der Waals surface area contributed by atoms with E-state index in [1.54, 1.807) is 7.11 Å². The van der Waals surface area contributed by atoms with Crippen LogP contribution < -0.4 is 15.4 Å². The van der Waals surface area contributed by atoms with Gasteiger partial charge >= 0.3 is 5.97 Å². The fourth-order valence-electron chi connectivity index (χ4n) is 4.22. The van der Waals surface area contributed by atoms with Crippen LogP contribution in [0, 0.1) is 5.92 Å². The molecule has 0 saturated carbocycles. The molecule has 8 heteroatoms. The van der Waals surface area contributed by atoms with Crippen LogP contribution in [0.1, 0.15) is 29.8 Å². The van der Waals surface area contributed by atoms with Crippen LogP contribution in [0.5, 0.6) is 5.75 Å². The largest absolute Gasteiger partial charge is 0.497 e. The lowest BCUT2D eigenvalue weighted by Crippen LogP contribution is -2.44. The molecule has 0 spiro atoms. The number of carboxylic acids is 1. The van der Waals surface area contributed by atoms with Crippen LogP contribution in [0.4, 0.5) is 11.4 Å². The Kier molecular flexibility index (Phi) is 7.02. The second-order valence-corrected chi connectivity index (χ2v) is 9.13. The van der Waals surface area contributed by atoms with E-state index in [-0.39, 0.29) is 11.8 Å². The Morgan fingerprint density at radius 2 is 1.54 bits per heavy atom. The summed E-state index contributed by atoms with van der Waals surface area (Å²) in [5.41, 5.74) is 4.90. The van der Waals surface area contributed by atoms with E-state index in [9.17, 15) is 14.7 Å². The number of anilines is 2. The first-order valence-electron chi connectivity index (χ1n) is 11.3. The minimum Gasteiger partial charge on any atom is -0.497 e. The first-order chi connectivity index (χ1) is 16.8. The molecule has 0 radical (unpaired) electrons. The SMILES string of the molecule is COc1ccc(NC(=S)Nc2ccc(-c3ccc4c(c3)C(=O)N(C(C(=O)O)C(C)C)C4)cc2)cc1. The first-order valence-corrected chi connectivity index (χ1v) is 11.7. The number of amides is 1. The molecule has 1 unspecified atom stereocenters. The predicted octanol–water partition coefficient (Wildman–Crippen LogP) is 5.24. The average molecular weight is 490 g/mol. The molecule has 7 nitrogen and oxygen atoms in total. The molecule has 1 amide bonds. The number of carbonyl (C=O) groups excluding carboxylic acids is 1. The van der Waals surface area contributed by atoms with Gasteiger partial charge in [0.15, 0.2) is 5.11 Å². The van der Waals surface area contributed by atoms with E-state index < -0.39 is 12.0 Å². The van der Waals surface area contributed by atoms with Crippen molar-refractivity contribution in [2.24, 2.45) is 5.92 Å². The van der Waals surface area contributed by atoms with Gasteiger partial charge in [0.25, 0.3) is 5.91 Å². The number of hydrogen-bond donors (Lipinski definition) is 3. The number of nitrogens with zero attached hydrogens (tertiary/aromatic N) is 1. The lowest BCUT2D eigenvalue weighted by Gasteiger charge is -2.27. The number of carboxylic acid groups (broad SMARTS) is 1. The molecule has 0 saturated heterocycles. The monoisotopic (exact) mass is 489 g/mol. The normalized spacial score (nSPS) is 13.4. The summed E-state index contributed by atoms with van der Waals surface area (Å²) < 4.78 is 5.16. The molecule has 0 aromatic heterocycles. The number of fused-ring (bicyclic) bond motifs is 1. The van der Waals surface area contributed by atoms with Gasteiger partial charge in [-0.15, -0.1) is 0 Å². The Morgan fingerprint density at radius 3 is 2.09 bits per heavy atom. The van der Waals surface area contributed by atoms with E-state index in [1.807, 2.05) is 80.6 Å². The van der Waals surface area contributed by atoms with E-state index in [1.165, 1.54) is 4.90 Å². The van der Waals surface area contributed by atoms with Gasteiger partial charge in [-0.1, -0.05) is 38.1 Å². The van der Waals surface area contributed by atoms with Gasteiger partial charge in [0, 0.05) is 23.5 Å². The second-order valence-electron chi connectivity index (χ2n) is 8.72. The van der Waals surface area contributed by atoms with Gasteiger partial charge in [-0.2, -0.15) is 0 Å². The number of hydrogen-bond acceptors (Lipinski definition) is 4. The minimum atomic E-state index is -0.983. The molecule has 0 aliphatic carbocycles. The van der Waals surface area contributed by atoms with Crippen LogP contribution in [-0.4, -0.2) is 40.1 Å². The maximum Gasteiger partial charge on any atom is 0.326 e. The third-order valence-electron chi connectivity index (χ3n) is 5.99. The molecule has 1 atom stereocenters. The fourth-order valence-corrected chi connectivity index (χ4v) is 4.46. The molecule has 3 aromatic carbocycles. The van der Waals surface area contributed by atoms with Crippen molar-refractivity contribution >= 4 is 40.6 Å². The van der Waals surface area contributed by atoms with Gasteiger partial charge in [-0.3, -0.25) is 4.79 Å². The zero-order valence-electron chi connectivity index (χ0n) is 19.7. The second kappa shape index (κ2) is 10.1. The lowest BCUT2D eigenvalue weighted by atomic mass is 10.00. The smallest absolute Gasteiger partial charge is 0.326 e. The summed E-state index contributed by atoms with van der Waals surface area (Å²) in [4.78, 5) is 26.2. The highest BCUT2D eigenvalue weighted by atomic mass is 32.1. The van der Waals surface area contributed by atoms with Crippen molar-refractivity contribution in [3.63, 3.8) is 0 Å². The highest BCUT2D eigenvalue weighted by molar-refractivity contribution is 7.80. The Hall–Kier alpha value is -3.91. The van der Waals surface area contributed by atoms with E-state index in [0.717, 1.165) is 33.8 Å². The molecule has 0 bridgehead atoms. The Bertz CT molecular complexity index is 1260. The molecule has 35 heavy (non-hydrogen) atoms. The van der Waals surface area contributed by atoms with Gasteiger partial charge in [0.2, 0.25) is 0 Å². The quantitative estimate of drug-likeness (QED) is 0.391. The van der Waals surface area contributed by atoms with E-state index >= 15 is 0 Å². The van der Waals surface area contributed by atoms with Crippen LogP contribution in [0.2, 0.25) is 0 Å². The topological polar surface area (TPSA) is 90.9 Å². The summed E-state index contributed by atoms with van der Waals surface area (Å²) in [6.07, 6.45) is 0. The standard InChI is InChI=1S/C27H27N3O4S/c1-16(2)24(26(32)33)30-15-19-5-4-18(14-23(19)25(30)31)17-6-8-20(9-7-17)28-27(35)29-21-10-12-22(34-3)13-11-21/h4-14,16,24H,15H2,1-3H3,(H,32,33)(H2,28,29,35). The van der Waals surface area contributed by atoms with Crippen molar-refractivity contribution in [3.05, 3.63) is 77.9 Å². The van der Waals surface area contributed by atoms with Gasteiger partial charge in [0.1, 0.15) is 11.8 Å². The zero-order chi connectivity index (χ0) is 25.1. The number of nitrogens with one attached hydrogen (secondary N) is 2.